The van der Waals surface area contributed by atoms with E-state index >= 15 is 0 Å². The summed E-state index contributed by atoms with van der Waals surface area (Å²) in [6.07, 6.45) is 8.61. The first-order valence-corrected chi connectivity index (χ1v) is 17.8. The van der Waals surface area contributed by atoms with Crippen LogP contribution in [0.15, 0.2) is 23.0 Å². The number of anilines is 1. The number of carbonyl (C=O) groups is 3. The van der Waals surface area contributed by atoms with Crippen molar-refractivity contribution in [3.63, 3.8) is 0 Å². The van der Waals surface area contributed by atoms with Crippen LogP contribution in [0.2, 0.25) is 0 Å². The van der Waals surface area contributed by atoms with E-state index < -0.39 is 17.6 Å². The highest BCUT2D eigenvalue weighted by molar-refractivity contribution is 6.00. The zero-order valence-corrected chi connectivity index (χ0v) is 29.1. The molecule has 2 aromatic rings. The number of aromatic nitrogens is 2. The summed E-state index contributed by atoms with van der Waals surface area (Å²) in [4.78, 5) is 56.9. The molecule has 1 atom stereocenters. The molecule has 11 nitrogen and oxygen atoms in total. The van der Waals surface area contributed by atoms with E-state index in [-0.39, 0.29) is 24.1 Å². The predicted molar refractivity (Wildman–Crippen MR) is 182 cm³/mol. The quantitative estimate of drug-likeness (QED) is 0.453. The van der Waals surface area contributed by atoms with Gasteiger partial charge in [-0.25, -0.2) is 9.59 Å². The second kappa shape index (κ2) is 13.3. The molecule has 4 fully saturated rings. The van der Waals surface area contributed by atoms with E-state index in [2.05, 4.69) is 34.2 Å². The van der Waals surface area contributed by atoms with Crippen molar-refractivity contribution in [1.82, 2.24) is 24.3 Å². The van der Waals surface area contributed by atoms with Gasteiger partial charge in [0.05, 0.1) is 11.0 Å². The van der Waals surface area contributed by atoms with E-state index in [1.54, 1.807) is 16.2 Å². The summed E-state index contributed by atoms with van der Waals surface area (Å²) in [6.45, 7) is 15.3. The van der Waals surface area contributed by atoms with Gasteiger partial charge in [-0.2, -0.15) is 0 Å². The van der Waals surface area contributed by atoms with Crippen LogP contribution in [-0.4, -0.2) is 88.3 Å². The van der Waals surface area contributed by atoms with Crippen LogP contribution in [0.5, 0.6) is 0 Å². The Bertz CT molecular complexity index is 1530. The van der Waals surface area contributed by atoms with E-state index in [0.29, 0.717) is 17.8 Å². The molecule has 0 aliphatic carbocycles. The van der Waals surface area contributed by atoms with Gasteiger partial charge in [0.15, 0.2) is 0 Å². The summed E-state index contributed by atoms with van der Waals surface area (Å²) in [7, 11) is 1.75. The van der Waals surface area contributed by atoms with Gasteiger partial charge in [0.2, 0.25) is 11.8 Å². The van der Waals surface area contributed by atoms with Crippen molar-refractivity contribution < 1.29 is 19.1 Å². The molecule has 0 bridgehead atoms. The highest BCUT2D eigenvalue weighted by Crippen LogP contribution is 2.40. The zero-order chi connectivity index (χ0) is 33.5. The van der Waals surface area contributed by atoms with Crippen LogP contribution >= 0.6 is 0 Å². The Morgan fingerprint density at radius 1 is 0.915 bits per heavy atom. The van der Waals surface area contributed by atoms with Crippen LogP contribution < -0.4 is 15.9 Å². The molecule has 0 radical (unpaired) electrons. The number of nitrogens with zero attached hydrogens (tertiary/aromatic N) is 5. The van der Waals surface area contributed by atoms with Gasteiger partial charge in [-0.15, -0.1) is 0 Å². The van der Waals surface area contributed by atoms with Gasteiger partial charge < -0.3 is 19.4 Å². The first kappa shape index (κ1) is 33.6. The van der Waals surface area contributed by atoms with Crippen molar-refractivity contribution in [1.29, 1.82) is 0 Å². The Morgan fingerprint density at radius 2 is 1.57 bits per heavy atom. The zero-order valence-electron chi connectivity index (χ0n) is 29.1. The number of fused-ring (bicyclic) bond motifs is 1. The maximum Gasteiger partial charge on any atom is 0.410 e. The lowest BCUT2D eigenvalue weighted by atomic mass is 9.72. The normalized spacial score (nSPS) is 23.7. The molecule has 4 aliphatic heterocycles. The number of hydrogen-bond acceptors (Lipinski definition) is 7. The molecule has 47 heavy (non-hydrogen) atoms. The number of hydrogen-bond donors (Lipinski definition) is 1. The third-order valence-electron chi connectivity index (χ3n) is 11.2. The average Bonchev–Trinajstić information content (AvgIpc) is 3.26. The van der Waals surface area contributed by atoms with E-state index in [9.17, 15) is 19.2 Å². The molecule has 0 spiro atoms. The molecule has 3 amide bonds. The number of imidazole rings is 1. The third-order valence-corrected chi connectivity index (χ3v) is 11.2. The van der Waals surface area contributed by atoms with Gasteiger partial charge in [0.1, 0.15) is 11.6 Å². The van der Waals surface area contributed by atoms with Crippen molar-refractivity contribution in [2.45, 2.75) is 97.1 Å². The largest absolute Gasteiger partial charge is 0.444 e. The molecular formula is C36H54N6O5. The molecule has 1 unspecified atom stereocenters. The molecule has 11 heteroatoms. The summed E-state index contributed by atoms with van der Waals surface area (Å²) < 4.78 is 8.76. The van der Waals surface area contributed by atoms with Crippen molar-refractivity contribution >= 4 is 34.6 Å². The van der Waals surface area contributed by atoms with Crippen LogP contribution in [0.3, 0.4) is 0 Å². The van der Waals surface area contributed by atoms with E-state index in [4.69, 9.17) is 4.74 Å². The number of aryl methyl sites for hydroxylation is 1. The minimum absolute atomic E-state index is 0.173. The molecule has 5 heterocycles. The Hall–Kier alpha value is -3.34. The van der Waals surface area contributed by atoms with Gasteiger partial charge in [0.25, 0.3) is 0 Å². The fourth-order valence-corrected chi connectivity index (χ4v) is 8.35. The fraction of sp³-hybridized carbons (Fsp3) is 0.722. The van der Waals surface area contributed by atoms with Crippen LogP contribution in [0, 0.1) is 17.3 Å². The maximum absolute atomic E-state index is 13.2. The number of nitrogens with one attached hydrogen (secondary N) is 1. The molecule has 4 aliphatic rings. The first-order chi connectivity index (χ1) is 22.3. The van der Waals surface area contributed by atoms with Gasteiger partial charge in [-0.1, -0.05) is 6.92 Å². The highest BCUT2D eigenvalue weighted by atomic mass is 16.6. The summed E-state index contributed by atoms with van der Waals surface area (Å²) >= 11 is 0. The molecule has 4 saturated heterocycles. The van der Waals surface area contributed by atoms with Crippen molar-refractivity contribution in [2.24, 2.45) is 24.3 Å². The molecular weight excluding hydrogens is 596 g/mol. The smallest absolute Gasteiger partial charge is 0.410 e. The van der Waals surface area contributed by atoms with Crippen LogP contribution in [0.25, 0.3) is 11.0 Å². The summed E-state index contributed by atoms with van der Waals surface area (Å²) in [5, 5.41) is 2.38. The van der Waals surface area contributed by atoms with Gasteiger partial charge in [-0.05, 0) is 121 Å². The number of carbonyl (C=O) groups excluding carboxylic acids is 3. The third kappa shape index (κ3) is 7.55. The minimum Gasteiger partial charge on any atom is -0.444 e. The van der Waals surface area contributed by atoms with Crippen molar-refractivity contribution in [2.75, 3.05) is 50.7 Å². The highest BCUT2D eigenvalue weighted by Gasteiger charge is 2.37. The monoisotopic (exact) mass is 650 g/mol. The van der Waals surface area contributed by atoms with Crippen molar-refractivity contribution in [3.8, 4) is 0 Å². The molecule has 1 aromatic carbocycles. The molecule has 0 saturated carbocycles. The number of rotatable bonds is 6. The van der Waals surface area contributed by atoms with E-state index in [1.165, 1.54) is 38.9 Å². The molecule has 1 N–H and O–H groups in total. The molecule has 1 aromatic heterocycles. The van der Waals surface area contributed by atoms with Gasteiger partial charge >= 0.3 is 11.8 Å². The van der Waals surface area contributed by atoms with Crippen LogP contribution in [0.1, 0.15) is 91.5 Å². The summed E-state index contributed by atoms with van der Waals surface area (Å²) in [6, 6.07) is 5.43. The standard InChI is InChI=1S/C36H54N6O5/c1-35(2,3)47-34(46)41-20-14-36(4,15-21-41)23-25-10-16-39(17-11-25)24-26-12-18-40(19-13-26)27-6-7-28-30(22-27)38(5)33(45)42(28)29-8-9-31(43)37-32(29)44/h6-7,22,25-26,29H,8-21,23-24H2,1-5H3,(H,37,43,44). The second-order valence-corrected chi connectivity index (χ2v) is 16.0. The summed E-state index contributed by atoms with van der Waals surface area (Å²) in [5.74, 6) is 0.772. The van der Waals surface area contributed by atoms with Crippen LogP contribution in [-0.2, 0) is 21.4 Å². The van der Waals surface area contributed by atoms with Gasteiger partial charge in [0, 0.05) is 51.9 Å². The number of imide groups is 1. The molecule has 258 valence electrons. The number of ether oxygens (including phenoxy) is 1. The summed E-state index contributed by atoms with van der Waals surface area (Å²) in [5.41, 5.74) is 2.28. The first-order valence-electron chi connectivity index (χ1n) is 17.8. The Kier molecular flexibility index (Phi) is 9.48. The Morgan fingerprint density at radius 3 is 2.21 bits per heavy atom. The topological polar surface area (TPSA) is 109 Å². The Labute approximate surface area is 278 Å². The van der Waals surface area contributed by atoms with Crippen LogP contribution in [0.4, 0.5) is 10.5 Å². The van der Waals surface area contributed by atoms with E-state index in [1.807, 2.05) is 31.7 Å². The fourth-order valence-electron chi connectivity index (χ4n) is 8.35. The SMILES string of the molecule is Cn1c(=O)n(C2CCC(=O)NC2=O)c2ccc(N3CCC(CN4CCC(CC5(C)CCN(C(=O)OC(C)(C)C)CC5)CC4)CC3)cc21. The lowest BCUT2D eigenvalue weighted by Gasteiger charge is -2.43. The number of likely N-dealkylation sites (tertiary alicyclic amines) is 2. The number of benzene rings is 1. The maximum atomic E-state index is 13.2. The predicted octanol–water partition coefficient (Wildman–Crippen LogP) is 4.67. The minimum atomic E-state index is -0.664. The lowest BCUT2D eigenvalue weighted by Crippen LogP contribution is -2.45. The van der Waals surface area contributed by atoms with Gasteiger partial charge in [-0.3, -0.25) is 24.0 Å². The average molecular weight is 651 g/mol. The van der Waals surface area contributed by atoms with E-state index in [0.717, 1.165) is 74.5 Å². The number of piperidine rings is 4. The lowest BCUT2D eigenvalue weighted by molar-refractivity contribution is -0.135. The van der Waals surface area contributed by atoms with Crippen molar-refractivity contribution in [3.05, 3.63) is 28.7 Å². The number of amides is 3. The molecule has 6 rings (SSSR count). The second-order valence-electron chi connectivity index (χ2n) is 16.0. The Balaban J connectivity index is 0.959.